The van der Waals surface area contributed by atoms with E-state index < -0.39 is 0 Å². The molecule has 3 N–H and O–H groups in total. The van der Waals surface area contributed by atoms with Gasteiger partial charge in [0.2, 0.25) is 5.13 Å². The number of halogens is 1. The first-order valence-corrected chi connectivity index (χ1v) is 8.58. The number of hydrogen-bond donors (Lipinski definition) is 3. The zero-order valence-electron chi connectivity index (χ0n) is 11.7. The van der Waals surface area contributed by atoms with Crippen LogP contribution >= 0.6 is 39.5 Å². The lowest BCUT2D eigenvalue weighted by Crippen LogP contribution is -2.33. The Morgan fingerprint density at radius 2 is 1.95 bits per heavy atom. The molecule has 0 radical (unpaired) electrons. The molecule has 1 aromatic heterocycles. The number of benzene rings is 2. The summed E-state index contributed by atoms with van der Waals surface area (Å²) in [4.78, 5) is 4.50. The SMILES string of the molecule is Cc1ccc2nc(NNC(=S)Nc3ccc(Br)cc3)sc2c1. The van der Waals surface area contributed by atoms with Gasteiger partial charge >= 0.3 is 0 Å². The first-order valence-electron chi connectivity index (χ1n) is 6.56. The summed E-state index contributed by atoms with van der Waals surface area (Å²) in [5, 5.41) is 4.36. The molecule has 2 aromatic carbocycles. The van der Waals surface area contributed by atoms with E-state index in [1.165, 1.54) is 5.56 Å². The van der Waals surface area contributed by atoms with Crippen LogP contribution in [0.4, 0.5) is 10.8 Å². The topological polar surface area (TPSA) is 49.0 Å². The third kappa shape index (κ3) is 3.73. The summed E-state index contributed by atoms with van der Waals surface area (Å²) in [7, 11) is 0. The zero-order chi connectivity index (χ0) is 15.5. The number of anilines is 2. The highest BCUT2D eigenvalue weighted by molar-refractivity contribution is 9.10. The van der Waals surface area contributed by atoms with Crippen LogP contribution in [0, 0.1) is 6.92 Å². The van der Waals surface area contributed by atoms with Crippen LogP contribution in [0.3, 0.4) is 0 Å². The van der Waals surface area contributed by atoms with E-state index in [9.17, 15) is 0 Å². The number of aromatic nitrogens is 1. The van der Waals surface area contributed by atoms with Gasteiger partial charge < -0.3 is 5.32 Å². The fourth-order valence-corrected chi connectivity index (χ4v) is 3.24. The molecule has 0 aliphatic heterocycles. The molecule has 1 heterocycles. The van der Waals surface area contributed by atoms with Gasteiger partial charge in [0, 0.05) is 10.2 Å². The molecule has 0 unspecified atom stereocenters. The standard InChI is InChI=1S/C15H13BrN4S2/c1-9-2-7-12-13(8-9)22-15(18-12)20-19-14(21)17-11-5-3-10(16)4-6-11/h2-8H,1H3,(H,18,20)(H2,17,19,21). The van der Waals surface area contributed by atoms with Crippen LogP contribution in [0.2, 0.25) is 0 Å². The summed E-state index contributed by atoms with van der Waals surface area (Å²) in [6.07, 6.45) is 0. The molecule has 0 saturated carbocycles. The maximum absolute atomic E-state index is 5.25. The highest BCUT2D eigenvalue weighted by Gasteiger charge is 2.04. The van der Waals surface area contributed by atoms with Crippen molar-refractivity contribution in [2.45, 2.75) is 6.92 Å². The number of hydrogen-bond acceptors (Lipinski definition) is 4. The molecule has 0 amide bonds. The molecule has 3 aromatic rings. The average Bonchev–Trinajstić information content (AvgIpc) is 2.89. The second-order valence-electron chi connectivity index (χ2n) is 4.70. The van der Waals surface area contributed by atoms with Gasteiger partial charge in [-0.3, -0.25) is 10.9 Å². The maximum atomic E-state index is 5.25. The molecular formula is C15H13BrN4S2. The van der Waals surface area contributed by atoms with Gasteiger partial charge in [-0.05, 0) is 61.1 Å². The van der Waals surface area contributed by atoms with Crippen LogP contribution < -0.4 is 16.2 Å². The summed E-state index contributed by atoms with van der Waals surface area (Å²) in [6, 6.07) is 14.0. The van der Waals surface area contributed by atoms with Crippen LogP contribution in [0.15, 0.2) is 46.9 Å². The van der Waals surface area contributed by atoms with Crippen molar-refractivity contribution in [2.24, 2.45) is 0 Å². The van der Waals surface area contributed by atoms with E-state index in [4.69, 9.17) is 12.2 Å². The lowest BCUT2D eigenvalue weighted by Gasteiger charge is -2.10. The number of fused-ring (bicyclic) bond motifs is 1. The van der Waals surface area contributed by atoms with Crippen molar-refractivity contribution in [3.8, 4) is 0 Å². The van der Waals surface area contributed by atoms with Crippen molar-refractivity contribution in [2.75, 3.05) is 10.7 Å². The third-order valence-corrected chi connectivity index (χ3v) is 4.60. The van der Waals surface area contributed by atoms with Crippen molar-refractivity contribution in [3.63, 3.8) is 0 Å². The summed E-state index contributed by atoms with van der Waals surface area (Å²) < 4.78 is 2.18. The molecule has 0 aliphatic carbocycles. The van der Waals surface area contributed by atoms with Crippen LogP contribution in [0.1, 0.15) is 5.56 Å². The highest BCUT2D eigenvalue weighted by atomic mass is 79.9. The number of rotatable bonds is 3. The largest absolute Gasteiger partial charge is 0.331 e. The molecule has 0 atom stereocenters. The van der Waals surface area contributed by atoms with Crippen LogP contribution in [-0.4, -0.2) is 10.1 Å². The molecule has 0 aliphatic rings. The minimum Gasteiger partial charge on any atom is -0.331 e. The summed E-state index contributed by atoms with van der Waals surface area (Å²) in [5.74, 6) is 0. The molecule has 22 heavy (non-hydrogen) atoms. The van der Waals surface area contributed by atoms with Gasteiger partial charge in [-0.2, -0.15) is 0 Å². The lowest BCUT2D eigenvalue weighted by molar-refractivity contribution is 1.13. The molecule has 0 saturated heterocycles. The Hall–Kier alpha value is -1.70. The smallest absolute Gasteiger partial charge is 0.202 e. The second kappa shape index (κ2) is 6.60. The van der Waals surface area contributed by atoms with E-state index in [1.54, 1.807) is 11.3 Å². The van der Waals surface area contributed by atoms with Crippen LogP contribution in [-0.2, 0) is 0 Å². The van der Waals surface area contributed by atoms with Gasteiger partial charge in [-0.25, -0.2) is 4.98 Å². The van der Waals surface area contributed by atoms with Crippen LogP contribution in [0.25, 0.3) is 10.2 Å². The van der Waals surface area contributed by atoms with Crippen molar-refractivity contribution in [1.29, 1.82) is 0 Å². The lowest BCUT2D eigenvalue weighted by atomic mass is 10.2. The predicted molar refractivity (Wildman–Crippen MR) is 101 cm³/mol. The molecule has 7 heteroatoms. The highest BCUT2D eigenvalue weighted by Crippen LogP contribution is 2.26. The molecule has 0 spiro atoms. The average molecular weight is 393 g/mol. The van der Waals surface area contributed by atoms with Crippen LogP contribution in [0.5, 0.6) is 0 Å². The molecular weight excluding hydrogens is 380 g/mol. The molecule has 3 rings (SSSR count). The van der Waals surface area contributed by atoms with Crippen molar-refractivity contribution in [1.82, 2.24) is 10.4 Å². The van der Waals surface area contributed by atoms with E-state index in [0.29, 0.717) is 5.11 Å². The Labute approximate surface area is 146 Å². The fraction of sp³-hybridized carbons (Fsp3) is 0.0667. The summed E-state index contributed by atoms with van der Waals surface area (Å²) in [6.45, 7) is 2.07. The number of nitrogens with zero attached hydrogens (tertiary/aromatic N) is 1. The summed E-state index contributed by atoms with van der Waals surface area (Å²) >= 11 is 10.2. The van der Waals surface area contributed by atoms with E-state index >= 15 is 0 Å². The van der Waals surface area contributed by atoms with Gasteiger partial charge in [0.15, 0.2) is 5.11 Å². The number of thiazole rings is 1. The van der Waals surface area contributed by atoms with Gasteiger partial charge in [-0.1, -0.05) is 33.3 Å². The van der Waals surface area contributed by atoms with Crippen molar-refractivity contribution < 1.29 is 0 Å². The Morgan fingerprint density at radius 3 is 2.73 bits per heavy atom. The van der Waals surface area contributed by atoms with Crippen molar-refractivity contribution >= 4 is 65.6 Å². The Balaban J connectivity index is 1.61. The Morgan fingerprint density at radius 1 is 1.18 bits per heavy atom. The molecule has 0 fully saturated rings. The second-order valence-corrected chi connectivity index (χ2v) is 7.06. The predicted octanol–water partition coefficient (Wildman–Crippen LogP) is 4.68. The Kier molecular flexibility index (Phi) is 4.56. The van der Waals surface area contributed by atoms with Gasteiger partial charge in [0.25, 0.3) is 0 Å². The van der Waals surface area contributed by atoms with E-state index in [1.807, 2.05) is 30.3 Å². The van der Waals surface area contributed by atoms with Gasteiger partial charge in [0.05, 0.1) is 10.2 Å². The summed E-state index contributed by atoms with van der Waals surface area (Å²) in [5.41, 5.74) is 9.10. The maximum Gasteiger partial charge on any atom is 0.202 e. The molecule has 112 valence electrons. The number of thiocarbonyl (C=S) groups is 1. The number of hydrazine groups is 1. The van der Waals surface area contributed by atoms with Gasteiger partial charge in [0.1, 0.15) is 0 Å². The molecule has 0 bridgehead atoms. The number of nitrogens with one attached hydrogen (secondary N) is 3. The monoisotopic (exact) mass is 392 g/mol. The molecule has 4 nitrogen and oxygen atoms in total. The fourth-order valence-electron chi connectivity index (χ4n) is 1.89. The van der Waals surface area contributed by atoms with Crippen molar-refractivity contribution in [3.05, 3.63) is 52.5 Å². The van der Waals surface area contributed by atoms with E-state index in [-0.39, 0.29) is 0 Å². The zero-order valence-corrected chi connectivity index (χ0v) is 14.9. The van der Waals surface area contributed by atoms with E-state index in [0.717, 1.165) is 25.5 Å². The third-order valence-electron chi connectivity index (χ3n) is 2.93. The first kappa shape index (κ1) is 15.2. The van der Waals surface area contributed by atoms with E-state index in [2.05, 4.69) is 56.1 Å². The first-order chi connectivity index (χ1) is 10.6. The Bertz CT molecular complexity index is 814. The quantitative estimate of drug-likeness (QED) is 0.446. The normalized spacial score (nSPS) is 10.5. The number of aryl methyl sites for hydroxylation is 1. The minimum atomic E-state index is 0.484. The van der Waals surface area contributed by atoms with Gasteiger partial charge in [-0.15, -0.1) is 0 Å². The minimum absolute atomic E-state index is 0.484.